The van der Waals surface area contributed by atoms with Gasteiger partial charge in [0.15, 0.2) is 0 Å². The topological polar surface area (TPSA) is 68.0 Å². The molecule has 0 radical (unpaired) electrons. The monoisotopic (exact) mass is 281 g/mol. The van der Waals surface area contributed by atoms with Crippen LogP contribution in [0.4, 0.5) is 4.39 Å². The summed E-state index contributed by atoms with van der Waals surface area (Å²) in [4.78, 5) is 14.9. The summed E-state index contributed by atoms with van der Waals surface area (Å²) in [5.41, 5.74) is 0.381. The van der Waals surface area contributed by atoms with E-state index in [0.29, 0.717) is 11.5 Å². The molecule has 1 heterocycles. The molecular formula is C12H9ClFN3O2. The number of nitrogens with zero attached hydrogens (tertiary/aromatic N) is 3. The van der Waals surface area contributed by atoms with E-state index in [0.717, 1.165) is 12.8 Å². The van der Waals surface area contributed by atoms with Crippen LogP contribution >= 0.6 is 11.6 Å². The number of benzene rings is 1. The van der Waals surface area contributed by atoms with E-state index in [2.05, 4.69) is 10.1 Å². The molecule has 1 fully saturated rings. The van der Waals surface area contributed by atoms with Gasteiger partial charge in [0.25, 0.3) is 5.82 Å². The standard InChI is InChI=1S/C12H9ClFN3O2/c13-7-3-8(14)5-9(4-7)17-11(6-1-2-6)15-10(16-17)12(18)19/h3-6H,1-2H2,(H,18,19). The zero-order valence-corrected chi connectivity index (χ0v) is 10.4. The fraction of sp³-hybridized carbons (Fsp3) is 0.250. The van der Waals surface area contributed by atoms with E-state index >= 15 is 0 Å². The van der Waals surface area contributed by atoms with E-state index in [1.54, 1.807) is 0 Å². The Labute approximate surface area is 112 Å². The number of carbonyl (C=O) groups is 1. The lowest BCUT2D eigenvalue weighted by atomic mass is 10.3. The van der Waals surface area contributed by atoms with Crippen LogP contribution in [0.15, 0.2) is 18.2 Å². The van der Waals surface area contributed by atoms with Crippen molar-refractivity contribution in [3.63, 3.8) is 0 Å². The third kappa shape index (κ3) is 2.31. The second kappa shape index (κ2) is 4.31. The molecule has 1 aliphatic carbocycles. The smallest absolute Gasteiger partial charge is 0.375 e. The van der Waals surface area contributed by atoms with Gasteiger partial charge in [-0.25, -0.2) is 18.9 Å². The molecule has 7 heteroatoms. The summed E-state index contributed by atoms with van der Waals surface area (Å²) < 4.78 is 14.7. The van der Waals surface area contributed by atoms with Gasteiger partial charge in [0.1, 0.15) is 11.6 Å². The molecular weight excluding hydrogens is 273 g/mol. The van der Waals surface area contributed by atoms with Crippen molar-refractivity contribution in [3.8, 4) is 5.69 Å². The number of halogens is 2. The third-order valence-electron chi connectivity index (χ3n) is 2.86. The van der Waals surface area contributed by atoms with Gasteiger partial charge in [-0.1, -0.05) is 11.6 Å². The molecule has 0 bridgehead atoms. The molecule has 98 valence electrons. The number of hydrogen-bond donors (Lipinski definition) is 1. The Kier molecular flexibility index (Phi) is 2.74. The van der Waals surface area contributed by atoms with Crippen molar-refractivity contribution >= 4 is 17.6 Å². The zero-order chi connectivity index (χ0) is 13.6. The van der Waals surface area contributed by atoms with E-state index in [-0.39, 0.29) is 16.8 Å². The molecule has 0 amide bonds. The number of aromatic nitrogens is 3. The van der Waals surface area contributed by atoms with Crippen LogP contribution in [-0.2, 0) is 0 Å². The van der Waals surface area contributed by atoms with Crippen LogP contribution in [0, 0.1) is 5.82 Å². The molecule has 1 saturated carbocycles. The summed E-state index contributed by atoms with van der Waals surface area (Å²) in [6, 6.07) is 3.95. The average Bonchev–Trinajstić information content (AvgIpc) is 3.06. The first-order valence-corrected chi connectivity index (χ1v) is 6.09. The normalized spacial score (nSPS) is 14.6. The highest BCUT2D eigenvalue weighted by molar-refractivity contribution is 6.30. The predicted octanol–water partition coefficient (Wildman–Crippen LogP) is 2.64. The Hall–Kier alpha value is -1.95. The maximum atomic E-state index is 13.4. The van der Waals surface area contributed by atoms with Gasteiger partial charge in [0, 0.05) is 10.9 Å². The minimum atomic E-state index is -1.21. The molecule has 1 N–H and O–H groups in total. The van der Waals surface area contributed by atoms with E-state index in [4.69, 9.17) is 16.7 Å². The molecule has 0 saturated heterocycles. The molecule has 2 aromatic rings. The van der Waals surface area contributed by atoms with Crippen molar-refractivity contribution in [3.05, 3.63) is 40.7 Å². The van der Waals surface area contributed by atoms with Gasteiger partial charge in [0.2, 0.25) is 0 Å². The first kappa shape index (κ1) is 12.1. The first-order valence-electron chi connectivity index (χ1n) is 5.71. The number of hydrogen-bond acceptors (Lipinski definition) is 3. The minimum absolute atomic E-state index is 0.183. The Bertz CT molecular complexity index is 647. The number of carboxylic acids is 1. The second-order valence-corrected chi connectivity index (χ2v) is 4.85. The Morgan fingerprint density at radius 2 is 2.16 bits per heavy atom. The van der Waals surface area contributed by atoms with Crippen molar-refractivity contribution < 1.29 is 14.3 Å². The van der Waals surface area contributed by atoms with Crippen LogP contribution < -0.4 is 0 Å². The summed E-state index contributed by atoms with van der Waals surface area (Å²) in [5.74, 6) is -1.27. The maximum Gasteiger partial charge on any atom is 0.375 e. The molecule has 1 aliphatic rings. The Morgan fingerprint density at radius 3 is 2.74 bits per heavy atom. The Morgan fingerprint density at radius 1 is 1.42 bits per heavy atom. The molecule has 1 aromatic heterocycles. The van der Waals surface area contributed by atoms with Crippen molar-refractivity contribution in [1.29, 1.82) is 0 Å². The maximum absolute atomic E-state index is 13.4. The summed E-state index contributed by atoms with van der Waals surface area (Å²) in [6.07, 6.45) is 1.86. The SMILES string of the molecule is O=C(O)c1nc(C2CC2)n(-c2cc(F)cc(Cl)c2)n1. The van der Waals surface area contributed by atoms with Crippen LogP contribution in [-0.4, -0.2) is 25.8 Å². The predicted molar refractivity (Wildman–Crippen MR) is 65.3 cm³/mol. The van der Waals surface area contributed by atoms with Crippen molar-refractivity contribution in [2.24, 2.45) is 0 Å². The minimum Gasteiger partial charge on any atom is -0.475 e. The van der Waals surface area contributed by atoms with Crippen molar-refractivity contribution in [1.82, 2.24) is 14.8 Å². The van der Waals surface area contributed by atoms with Gasteiger partial charge in [-0.2, -0.15) is 0 Å². The summed E-state index contributed by atoms with van der Waals surface area (Å²) in [5, 5.41) is 13.1. The van der Waals surface area contributed by atoms with Crippen LogP contribution in [0.1, 0.15) is 35.2 Å². The molecule has 0 atom stereocenters. The van der Waals surface area contributed by atoms with Crippen LogP contribution in [0.2, 0.25) is 5.02 Å². The van der Waals surface area contributed by atoms with Crippen LogP contribution in [0.3, 0.4) is 0 Å². The van der Waals surface area contributed by atoms with Gasteiger partial charge < -0.3 is 5.11 Å². The second-order valence-electron chi connectivity index (χ2n) is 4.41. The molecule has 1 aromatic carbocycles. The van der Waals surface area contributed by atoms with E-state index in [1.165, 1.54) is 22.9 Å². The van der Waals surface area contributed by atoms with Gasteiger partial charge >= 0.3 is 5.97 Å². The zero-order valence-electron chi connectivity index (χ0n) is 9.68. The lowest BCUT2D eigenvalue weighted by Crippen LogP contribution is -2.03. The largest absolute Gasteiger partial charge is 0.475 e. The lowest BCUT2D eigenvalue weighted by molar-refractivity contribution is 0.0683. The first-order chi connectivity index (χ1) is 9.04. The summed E-state index contributed by atoms with van der Waals surface area (Å²) in [7, 11) is 0. The number of carboxylic acid groups (broad SMARTS) is 1. The molecule has 5 nitrogen and oxygen atoms in total. The third-order valence-corrected chi connectivity index (χ3v) is 3.08. The molecule has 19 heavy (non-hydrogen) atoms. The molecule has 0 unspecified atom stereocenters. The highest BCUT2D eigenvalue weighted by Gasteiger charge is 2.31. The van der Waals surface area contributed by atoms with E-state index in [1.807, 2.05) is 0 Å². The quantitative estimate of drug-likeness (QED) is 0.939. The van der Waals surface area contributed by atoms with Gasteiger partial charge in [-0.05, 0) is 31.0 Å². The average molecular weight is 282 g/mol. The Balaban J connectivity index is 2.14. The van der Waals surface area contributed by atoms with Crippen LogP contribution in [0.5, 0.6) is 0 Å². The van der Waals surface area contributed by atoms with Crippen LogP contribution in [0.25, 0.3) is 5.69 Å². The fourth-order valence-corrected chi connectivity index (χ4v) is 2.09. The fourth-order valence-electron chi connectivity index (χ4n) is 1.87. The van der Waals surface area contributed by atoms with Gasteiger partial charge in [-0.3, -0.25) is 0 Å². The summed E-state index contributed by atoms with van der Waals surface area (Å²) in [6.45, 7) is 0. The molecule has 3 rings (SSSR count). The van der Waals surface area contributed by atoms with Gasteiger partial charge in [-0.15, -0.1) is 5.10 Å². The van der Waals surface area contributed by atoms with Crippen molar-refractivity contribution in [2.75, 3.05) is 0 Å². The molecule has 0 aliphatic heterocycles. The number of rotatable bonds is 3. The highest BCUT2D eigenvalue weighted by atomic mass is 35.5. The number of aromatic carboxylic acids is 1. The molecule has 0 spiro atoms. The van der Waals surface area contributed by atoms with E-state index < -0.39 is 11.8 Å². The van der Waals surface area contributed by atoms with Crippen molar-refractivity contribution in [2.45, 2.75) is 18.8 Å². The van der Waals surface area contributed by atoms with E-state index in [9.17, 15) is 9.18 Å². The summed E-state index contributed by atoms with van der Waals surface area (Å²) >= 11 is 5.80. The van der Waals surface area contributed by atoms with Gasteiger partial charge in [0.05, 0.1) is 5.69 Å². The highest BCUT2D eigenvalue weighted by Crippen LogP contribution is 2.39. The lowest BCUT2D eigenvalue weighted by Gasteiger charge is -2.05.